The summed E-state index contributed by atoms with van der Waals surface area (Å²) in [6.45, 7) is 0.448. The molecule has 128 valence electrons. The number of hydrogen-bond acceptors (Lipinski definition) is 5. The zero-order valence-electron chi connectivity index (χ0n) is 13.4. The first-order valence-corrected chi connectivity index (χ1v) is 8.68. The second-order valence-electron chi connectivity index (χ2n) is 5.21. The summed E-state index contributed by atoms with van der Waals surface area (Å²) in [4.78, 5) is 28.8. The van der Waals surface area contributed by atoms with Gasteiger partial charge in [-0.3, -0.25) is 9.59 Å². The quantitative estimate of drug-likeness (QED) is 0.637. The molecule has 8 heteroatoms. The molecular weight excluding hydrogens is 338 g/mol. The van der Waals surface area contributed by atoms with Crippen LogP contribution in [0.1, 0.15) is 22.5 Å². The van der Waals surface area contributed by atoms with Gasteiger partial charge in [-0.15, -0.1) is 11.3 Å². The number of nitrogens with zero attached hydrogens (tertiary/aromatic N) is 3. The number of hydrogen-bond donors (Lipinski definition) is 2. The molecule has 2 N–H and O–H groups in total. The van der Waals surface area contributed by atoms with Crippen molar-refractivity contribution >= 4 is 28.8 Å². The van der Waals surface area contributed by atoms with Crippen molar-refractivity contribution in [1.82, 2.24) is 20.1 Å². The van der Waals surface area contributed by atoms with Crippen molar-refractivity contribution in [2.45, 2.75) is 12.8 Å². The highest BCUT2D eigenvalue weighted by Crippen LogP contribution is 2.16. The predicted molar refractivity (Wildman–Crippen MR) is 95.9 cm³/mol. The van der Waals surface area contributed by atoms with Gasteiger partial charge in [0.1, 0.15) is 0 Å². The third-order valence-electron chi connectivity index (χ3n) is 3.39. The molecule has 0 saturated carbocycles. The Balaban J connectivity index is 1.48. The molecule has 0 radical (unpaired) electrons. The molecule has 3 aromatic heterocycles. The van der Waals surface area contributed by atoms with Gasteiger partial charge in [0.2, 0.25) is 5.91 Å². The van der Waals surface area contributed by atoms with Gasteiger partial charge in [-0.1, -0.05) is 6.07 Å². The molecule has 0 aliphatic heterocycles. The van der Waals surface area contributed by atoms with E-state index >= 15 is 0 Å². The van der Waals surface area contributed by atoms with E-state index in [9.17, 15) is 9.59 Å². The van der Waals surface area contributed by atoms with Gasteiger partial charge in [0.25, 0.3) is 5.91 Å². The van der Waals surface area contributed by atoms with E-state index in [0.717, 1.165) is 0 Å². The lowest BCUT2D eigenvalue weighted by Gasteiger charge is -2.10. The molecule has 7 nitrogen and oxygen atoms in total. The summed E-state index contributed by atoms with van der Waals surface area (Å²) < 4.78 is 1.59. The maximum atomic E-state index is 12.1. The summed E-state index contributed by atoms with van der Waals surface area (Å²) in [6, 6.07) is 8.92. The van der Waals surface area contributed by atoms with Crippen LogP contribution in [0.5, 0.6) is 0 Å². The molecule has 0 aliphatic carbocycles. The average Bonchev–Trinajstić information content (AvgIpc) is 3.32. The van der Waals surface area contributed by atoms with Crippen LogP contribution in [0, 0.1) is 0 Å². The molecule has 3 aromatic rings. The zero-order chi connectivity index (χ0) is 17.5. The summed E-state index contributed by atoms with van der Waals surface area (Å²) in [5, 5.41) is 11.6. The lowest BCUT2D eigenvalue weighted by atomic mass is 10.2. The van der Waals surface area contributed by atoms with Crippen molar-refractivity contribution in [2.24, 2.45) is 0 Å². The van der Waals surface area contributed by atoms with Gasteiger partial charge in [-0.05, 0) is 36.1 Å². The average molecular weight is 355 g/mol. The Kier molecular flexibility index (Phi) is 5.53. The Labute approximate surface area is 148 Å². The van der Waals surface area contributed by atoms with E-state index in [1.54, 1.807) is 47.5 Å². The number of carbonyl (C=O) groups excluding carboxylic acids is 2. The molecule has 0 aromatic carbocycles. The van der Waals surface area contributed by atoms with Crippen LogP contribution in [0.2, 0.25) is 0 Å². The van der Waals surface area contributed by atoms with Crippen LogP contribution in [-0.2, 0) is 4.79 Å². The molecule has 0 fully saturated rings. The lowest BCUT2D eigenvalue weighted by molar-refractivity contribution is -0.116. The van der Waals surface area contributed by atoms with E-state index in [2.05, 4.69) is 20.7 Å². The third kappa shape index (κ3) is 4.51. The van der Waals surface area contributed by atoms with E-state index in [1.807, 2.05) is 11.4 Å². The topological polar surface area (TPSA) is 88.9 Å². The number of anilines is 1. The number of thiophene rings is 1. The van der Waals surface area contributed by atoms with Crippen molar-refractivity contribution in [1.29, 1.82) is 0 Å². The first-order valence-electron chi connectivity index (χ1n) is 7.80. The summed E-state index contributed by atoms with van der Waals surface area (Å²) in [5.41, 5.74) is 0.596. The van der Waals surface area contributed by atoms with E-state index in [4.69, 9.17) is 0 Å². The maximum Gasteiger partial charge on any atom is 0.261 e. The summed E-state index contributed by atoms with van der Waals surface area (Å²) in [6.07, 6.45) is 5.92. The van der Waals surface area contributed by atoms with E-state index in [-0.39, 0.29) is 11.8 Å². The molecule has 25 heavy (non-hydrogen) atoms. The molecule has 3 rings (SSSR count). The SMILES string of the molecule is O=C(CCCNC(=O)c1cccs1)Nc1cccnc1-n1cccn1. The Morgan fingerprint density at radius 1 is 1.16 bits per heavy atom. The van der Waals surface area contributed by atoms with Crippen LogP contribution in [-0.4, -0.2) is 33.1 Å². The fourth-order valence-electron chi connectivity index (χ4n) is 2.23. The van der Waals surface area contributed by atoms with Crippen LogP contribution in [0.3, 0.4) is 0 Å². The normalized spacial score (nSPS) is 10.4. The minimum absolute atomic E-state index is 0.108. The fraction of sp³-hybridized carbons (Fsp3) is 0.176. The number of pyridine rings is 1. The van der Waals surface area contributed by atoms with Gasteiger partial charge in [-0.25, -0.2) is 9.67 Å². The van der Waals surface area contributed by atoms with Gasteiger partial charge in [0, 0.05) is 31.6 Å². The monoisotopic (exact) mass is 355 g/mol. The first kappa shape index (κ1) is 16.8. The summed E-state index contributed by atoms with van der Waals surface area (Å²) in [5.74, 6) is 0.322. The molecular formula is C17H17N5O2S. The van der Waals surface area contributed by atoms with Crippen LogP contribution in [0.15, 0.2) is 54.3 Å². The van der Waals surface area contributed by atoms with Gasteiger partial charge in [0.05, 0.1) is 10.6 Å². The van der Waals surface area contributed by atoms with Crippen LogP contribution >= 0.6 is 11.3 Å². The van der Waals surface area contributed by atoms with E-state index in [1.165, 1.54) is 11.3 Å². The highest BCUT2D eigenvalue weighted by Gasteiger charge is 2.10. The Morgan fingerprint density at radius 2 is 2.08 bits per heavy atom. The Morgan fingerprint density at radius 3 is 2.84 bits per heavy atom. The van der Waals surface area contributed by atoms with E-state index in [0.29, 0.717) is 35.8 Å². The Hall–Kier alpha value is -3.00. The standard InChI is InChI=1S/C17H17N5O2S/c23-15(7-2-9-19-17(24)14-6-3-12-25-14)21-13-5-1-8-18-16(13)22-11-4-10-20-22/h1,3-6,8,10-12H,2,7,9H2,(H,19,24)(H,21,23). The highest BCUT2D eigenvalue weighted by atomic mass is 32.1. The van der Waals surface area contributed by atoms with Crippen molar-refractivity contribution in [3.05, 3.63) is 59.2 Å². The van der Waals surface area contributed by atoms with Gasteiger partial charge in [-0.2, -0.15) is 5.10 Å². The smallest absolute Gasteiger partial charge is 0.261 e. The van der Waals surface area contributed by atoms with Crippen LogP contribution in [0.25, 0.3) is 5.82 Å². The molecule has 0 unspecified atom stereocenters. The number of carbonyl (C=O) groups is 2. The number of nitrogens with one attached hydrogen (secondary N) is 2. The van der Waals surface area contributed by atoms with Crippen molar-refractivity contribution in [2.75, 3.05) is 11.9 Å². The molecule has 3 heterocycles. The lowest BCUT2D eigenvalue weighted by Crippen LogP contribution is -2.24. The minimum atomic E-state index is -0.133. The fourth-order valence-corrected chi connectivity index (χ4v) is 2.87. The molecule has 0 spiro atoms. The highest BCUT2D eigenvalue weighted by molar-refractivity contribution is 7.12. The van der Waals surface area contributed by atoms with Gasteiger partial charge < -0.3 is 10.6 Å². The van der Waals surface area contributed by atoms with Gasteiger partial charge in [0.15, 0.2) is 5.82 Å². The minimum Gasteiger partial charge on any atom is -0.351 e. The zero-order valence-corrected chi connectivity index (χ0v) is 14.2. The maximum absolute atomic E-state index is 12.1. The molecule has 0 aliphatic rings. The summed E-state index contributed by atoms with van der Waals surface area (Å²) in [7, 11) is 0. The van der Waals surface area contributed by atoms with E-state index < -0.39 is 0 Å². The second kappa shape index (κ2) is 8.20. The third-order valence-corrected chi connectivity index (χ3v) is 4.26. The van der Waals surface area contributed by atoms with Crippen molar-refractivity contribution in [3.8, 4) is 5.82 Å². The van der Waals surface area contributed by atoms with Crippen molar-refractivity contribution < 1.29 is 9.59 Å². The molecule has 0 bridgehead atoms. The van der Waals surface area contributed by atoms with Crippen molar-refractivity contribution in [3.63, 3.8) is 0 Å². The van der Waals surface area contributed by atoms with Crippen LogP contribution in [0.4, 0.5) is 5.69 Å². The molecule has 0 saturated heterocycles. The number of aromatic nitrogens is 3. The van der Waals surface area contributed by atoms with Crippen LogP contribution < -0.4 is 10.6 Å². The van der Waals surface area contributed by atoms with Gasteiger partial charge >= 0.3 is 0 Å². The summed E-state index contributed by atoms with van der Waals surface area (Å²) >= 11 is 1.39. The number of amides is 2. The molecule has 2 amide bonds. The molecule has 0 atom stereocenters. The Bertz CT molecular complexity index is 831. The second-order valence-corrected chi connectivity index (χ2v) is 6.16. The number of rotatable bonds is 7. The largest absolute Gasteiger partial charge is 0.351 e. The predicted octanol–water partition coefficient (Wildman–Crippen LogP) is 2.48. The first-order chi connectivity index (χ1) is 12.2.